The number of benzene rings is 1. The Kier molecular flexibility index (Phi) is 4.16. The summed E-state index contributed by atoms with van der Waals surface area (Å²) in [5.74, 6) is -0.208. The van der Waals surface area contributed by atoms with Crippen LogP contribution in [0.3, 0.4) is 0 Å². The summed E-state index contributed by atoms with van der Waals surface area (Å²) in [7, 11) is 0. The van der Waals surface area contributed by atoms with Crippen LogP contribution in [0.25, 0.3) is 0 Å². The van der Waals surface area contributed by atoms with Crippen LogP contribution in [0.4, 0.5) is 4.39 Å². The minimum Gasteiger partial charge on any atom is -0.508 e. The third-order valence-corrected chi connectivity index (χ3v) is 3.20. The van der Waals surface area contributed by atoms with E-state index in [-0.39, 0.29) is 23.7 Å². The molecule has 1 aliphatic heterocycles. The molecule has 2 unspecified atom stereocenters. The molecule has 0 aliphatic carbocycles. The van der Waals surface area contributed by atoms with Gasteiger partial charge in [-0.1, -0.05) is 0 Å². The molecule has 0 aromatic heterocycles. The number of halogens is 1. The molecule has 1 heterocycles. The van der Waals surface area contributed by atoms with Gasteiger partial charge in [0.05, 0.1) is 12.7 Å². The van der Waals surface area contributed by atoms with Crippen molar-refractivity contribution < 1.29 is 14.2 Å². The van der Waals surface area contributed by atoms with Gasteiger partial charge in [0.2, 0.25) is 0 Å². The Hall–Kier alpha value is -1.17. The van der Waals surface area contributed by atoms with Gasteiger partial charge in [-0.3, -0.25) is 4.90 Å². The third kappa shape index (κ3) is 3.19. The van der Waals surface area contributed by atoms with Crippen molar-refractivity contribution in [2.45, 2.75) is 25.6 Å². The molecule has 0 bridgehead atoms. The fraction of sp³-hybridized carbons (Fsp3) is 0.538. The van der Waals surface area contributed by atoms with E-state index in [1.807, 2.05) is 6.92 Å². The molecule has 18 heavy (non-hydrogen) atoms. The van der Waals surface area contributed by atoms with Crippen LogP contribution in [-0.4, -0.2) is 41.8 Å². The Morgan fingerprint density at radius 1 is 1.61 bits per heavy atom. The lowest BCUT2D eigenvalue weighted by Crippen LogP contribution is -2.49. The number of ether oxygens (including phenoxy) is 1. The van der Waals surface area contributed by atoms with Crippen molar-refractivity contribution in [3.63, 3.8) is 0 Å². The molecule has 100 valence electrons. The Bertz CT molecular complexity index is 412. The smallest absolute Gasteiger partial charge is 0.123 e. The van der Waals surface area contributed by atoms with E-state index in [9.17, 15) is 9.50 Å². The van der Waals surface area contributed by atoms with Crippen molar-refractivity contribution in [3.8, 4) is 5.75 Å². The van der Waals surface area contributed by atoms with Crippen LogP contribution in [-0.2, 0) is 11.3 Å². The summed E-state index contributed by atoms with van der Waals surface area (Å²) in [6.45, 7) is 4.50. The summed E-state index contributed by atoms with van der Waals surface area (Å²) >= 11 is 0. The molecule has 3 N–H and O–H groups in total. The summed E-state index contributed by atoms with van der Waals surface area (Å²) in [6.07, 6.45) is -0.00514. The van der Waals surface area contributed by atoms with E-state index in [0.717, 1.165) is 6.54 Å². The highest BCUT2D eigenvalue weighted by Gasteiger charge is 2.23. The number of nitrogens with two attached hydrogens (primary N) is 1. The maximum Gasteiger partial charge on any atom is 0.123 e. The van der Waals surface area contributed by atoms with E-state index >= 15 is 0 Å². The first-order valence-electron chi connectivity index (χ1n) is 6.13. The first-order chi connectivity index (χ1) is 8.56. The van der Waals surface area contributed by atoms with Crippen LogP contribution in [0.2, 0.25) is 0 Å². The zero-order chi connectivity index (χ0) is 13.1. The van der Waals surface area contributed by atoms with Gasteiger partial charge < -0.3 is 15.6 Å². The number of hydrogen-bond donors (Lipinski definition) is 2. The number of hydrogen-bond acceptors (Lipinski definition) is 4. The number of rotatable bonds is 3. The number of morpholine rings is 1. The second-order valence-corrected chi connectivity index (χ2v) is 4.78. The summed E-state index contributed by atoms with van der Waals surface area (Å²) in [5, 5.41) is 9.69. The first-order valence-corrected chi connectivity index (χ1v) is 6.13. The summed E-state index contributed by atoms with van der Waals surface area (Å²) in [6, 6.07) is 3.97. The molecule has 4 nitrogen and oxygen atoms in total. The van der Waals surface area contributed by atoms with Gasteiger partial charge >= 0.3 is 0 Å². The predicted molar refractivity (Wildman–Crippen MR) is 66.7 cm³/mol. The van der Waals surface area contributed by atoms with E-state index in [1.165, 1.54) is 18.2 Å². The fourth-order valence-electron chi connectivity index (χ4n) is 2.11. The largest absolute Gasteiger partial charge is 0.508 e. The standard InChI is InChI=1S/C13H19FN2O2/c1-9(15)13-8-16(4-5-18-13)7-10-6-11(14)2-3-12(10)17/h2-3,6,9,13,17H,4-5,7-8,15H2,1H3. The van der Waals surface area contributed by atoms with Gasteiger partial charge in [-0.15, -0.1) is 0 Å². The van der Waals surface area contributed by atoms with Crippen LogP contribution >= 0.6 is 0 Å². The Labute approximate surface area is 106 Å². The highest BCUT2D eigenvalue weighted by molar-refractivity contribution is 5.32. The van der Waals surface area contributed by atoms with Gasteiger partial charge in [-0.05, 0) is 25.1 Å². The topological polar surface area (TPSA) is 58.7 Å². The monoisotopic (exact) mass is 254 g/mol. The van der Waals surface area contributed by atoms with Gasteiger partial charge in [0.15, 0.2) is 0 Å². The lowest BCUT2D eigenvalue weighted by molar-refractivity contribution is -0.0405. The Morgan fingerprint density at radius 2 is 2.39 bits per heavy atom. The summed E-state index contributed by atoms with van der Waals surface area (Å²) < 4.78 is 18.7. The van der Waals surface area contributed by atoms with Crippen LogP contribution in [0.5, 0.6) is 5.75 Å². The van der Waals surface area contributed by atoms with E-state index in [4.69, 9.17) is 10.5 Å². The van der Waals surface area contributed by atoms with Crippen LogP contribution in [0.1, 0.15) is 12.5 Å². The second-order valence-electron chi connectivity index (χ2n) is 4.78. The number of aromatic hydroxyl groups is 1. The quantitative estimate of drug-likeness (QED) is 0.847. The summed E-state index contributed by atoms with van der Waals surface area (Å²) in [4.78, 5) is 2.12. The average molecular weight is 254 g/mol. The molecular weight excluding hydrogens is 235 g/mol. The minimum absolute atomic E-state index is 0.00514. The molecule has 0 amide bonds. The molecule has 1 saturated heterocycles. The molecule has 0 spiro atoms. The second kappa shape index (κ2) is 5.65. The van der Waals surface area contributed by atoms with Crippen molar-refractivity contribution in [1.82, 2.24) is 4.90 Å². The summed E-state index contributed by atoms with van der Waals surface area (Å²) in [5.41, 5.74) is 6.41. The van der Waals surface area contributed by atoms with Gasteiger partial charge in [-0.2, -0.15) is 0 Å². The maximum absolute atomic E-state index is 13.1. The van der Waals surface area contributed by atoms with E-state index in [2.05, 4.69) is 4.90 Å². The van der Waals surface area contributed by atoms with Crippen molar-refractivity contribution in [3.05, 3.63) is 29.6 Å². The SMILES string of the molecule is CC(N)C1CN(Cc2cc(F)ccc2O)CCO1. The number of phenols is 1. The maximum atomic E-state index is 13.1. The van der Waals surface area contributed by atoms with Crippen molar-refractivity contribution >= 4 is 0 Å². The highest BCUT2D eigenvalue weighted by Crippen LogP contribution is 2.21. The molecule has 1 fully saturated rings. The minimum atomic E-state index is -0.334. The normalized spacial score (nSPS) is 22.9. The lowest BCUT2D eigenvalue weighted by Gasteiger charge is -2.34. The molecule has 0 saturated carbocycles. The van der Waals surface area contributed by atoms with Crippen LogP contribution < -0.4 is 5.73 Å². The van der Waals surface area contributed by atoms with Gasteiger partial charge in [0.1, 0.15) is 11.6 Å². The van der Waals surface area contributed by atoms with E-state index in [1.54, 1.807) is 0 Å². The van der Waals surface area contributed by atoms with Gasteiger partial charge in [-0.25, -0.2) is 4.39 Å². The number of nitrogens with zero attached hydrogens (tertiary/aromatic N) is 1. The molecular formula is C13H19FN2O2. The molecule has 0 radical (unpaired) electrons. The van der Waals surface area contributed by atoms with E-state index < -0.39 is 0 Å². The van der Waals surface area contributed by atoms with Gasteiger partial charge in [0, 0.05) is 31.2 Å². The van der Waals surface area contributed by atoms with Crippen LogP contribution in [0, 0.1) is 5.82 Å². The molecule has 2 rings (SSSR count). The zero-order valence-electron chi connectivity index (χ0n) is 10.5. The Balaban J connectivity index is 2.02. The Morgan fingerprint density at radius 3 is 3.11 bits per heavy atom. The highest BCUT2D eigenvalue weighted by atomic mass is 19.1. The zero-order valence-corrected chi connectivity index (χ0v) is 10.5. The molecule has 2 atom stereocenters. The number of phenolic OH excluding ortho intramolecular Hbond substituents is 1. The molecule has 1 aromatic rings. The average Bonchev–Trinajstić information content (AvgIpc) is 2.34. The van der Waals surface area contributed by atoms with E-state index in [0.29, 0.717) is 25.3 Å². The van der Waals surface area contributed by atoms with Crippen molar-refractivity contribution in [1.29, 1.82) is 0 Å². The third-order valence-electron chi connectivity index (χ3n) is 3.20. The molecule has 5 heteroatoms. The van der Waals surface area contributed by atoms with Crippen molar-refractivity contribution in [2.24, 2.45) is 5.73 Å². The first kappa shape index (κ1) is 13.3. The lowest BCUT2D eigenvalue weighted by atomic mass is 10.1. The van der Waals surface area contributed by atoms with Gasteiger partial charge in [0.25, 0.3) is 0 Å². The molecule has 1 aliphatic rings. The van der Waals surface area contributed by atoms with Crippen molar-refractivity contribution in [2.75, 3.05) is 19.7 Å². The predicted octanol–water partition coefficient (Wildman–Crippen LogP) is 1.08. The fourth-order valence-corrected chi connectivity index (χ4v) is 2.11. The van der Waals surface area contributed by atoms with Crippen LogP contribution in [0.15, 0.2) is 18.2 Å². The molecule has 1 aromatic carbocycles.